The second-order valence-electron chi connectivity index (χ2n) is 3.90. The molecule has 0 aliphatic rings. The largest absolute Gasteiger partial charge is 0.493 e. The smallest absolute Gasteiger partial charge is 0.232 e. The monoisotopic (exact) mass is 323 g/mol. The molecule has 0 fully saturated rings. The maximum atomic E-state index is 11.8. The molecule has 0 aromatic heterocycles. The Morgan fingerprint density at radius 3 is 2.70 bits per heavy atom. The van der Waals surface area contributed by atoms with Crippen molar-refractivity contribution in [2.24, 2.45) is 0 Å². The molecule has 0 radical (unpaired) electrons. The zero-order valence-electron chi connectivity index (χ0n) is 11.1. The number of rotatable bonds is 9. The second-order valence-corrected chi connectivity index (χ2v) is 6.12. The van der Waals surface area contributed by atoms with Crippen molar-refractivity contribution in [2.75, 3.05) is 36.7 Å². The highest BCUT2D eigenvalue weighted by atomic mass is 35.5. The van der Waals surface area contributed by atoms with Gasteiger partial charge >= 0.3 is 0 Å². The molecule has 1 aromatic carbocycles. The third-order valence-electron chi connectivity index (χ3n) is 2.33. The number of anilines is 1. The minimum absolute atomic E-state index is 0.0463. The number of hydrogen-bond donors (Lipinski definition) is 2. The molecule has 0 aliphatic carbocycles. The van der Waals surface area contributed by atoms with Gasteiger partial charge in [0.05, 0.1) is 25.2 Å². The van der Waals surface area contributed by atoms with Crippen LogP contribution in [0.1, 0.15) is 6.42 Å². The molecule has 1 rings (SSSR count). The molecule has 0 saturated heterocycles. The summed E-state index contributed by atoms with van der Waals surface area (Å²) in [6.07, 6.45) is 0.376. The van der Waals surface area contributed by atoms with Crippen molar-refractivity contribution >= 4 is 27.3 Å². The van der Waals surface area contributed by atoms with Crippen LogP contribution in [0.5, 0.6) is 11.5 Å². The topological polar surface area (TPSA) is 84.9 Å². The van der Waals surface area contributed by atoms with Gasteiger partial charge in [-0.3, -0.25) is 4.72 Å². The molecule has 0 heterocycles. The standard InChI is InChI=1S/C12H18ClNO5S/c1-18-11-4-3-10(9-12(11)19-7-6-15)14-20(16,17)8-2-5-13/h3-4,9,14-15H,2,5-8H2,1H3. The van der Waals surface area contributed by atoms with Crippen LogP contribution in [0, 0.1) is 0 Å². The number of hydrogen-bond acceptors (Lipinski definition) is 5. The van der Waals surface area contributed by atoms with Crippen LogP contribution in [0.2, 0.25) is 0 Å². The van der Waals surface area contributed by atoms with Crippen LogP contribution in [0.3, 0.4) is 0 Å². The van der Waals surface area contributed by atoms with Crippen LogP contribution in [-0.4, -0.2) is 45.5 Å². The molecule has 2 N–H and O–H groups in total. The van der Waals surface area contributed by atoms with Crippen molar-refractivity contribution < 1.29 is 23.0 Å². The van der Waals surface area contributed by atoms with Crippen molar-refractivity contribution in [3.63, 3.8) is 0 Å². The van der Waals surface area contributed by atoms with Crippen LogP contribution in [0.4, 0.5) is 5.69 Å². The van der Waals surface area contributed by atoms with Crippen LogP contribution in [-0.2, 0) is 10.0 Å². The van der Waals surface area contributed by atoms with Crippen LogP contribution >= 0.6 is 11.6 Å². The fourth-order valence-corrected chi connectivity index (χ4v) is 2.89. The van der Waals surface area contributed by atoms with E-state index in [-0.39, 0.29) is 24.8 Å². The Hall–Kier alpha value is -1.18. The van der Waals surface area contributed by atoms with E-state index >= 15 is 0 Å². The fourth-order valence-electron chi connectivity index (χ4n) is 1.48. The molecule has 0 bridgehead atoms. The summed E-state index contributed by atoms with van der Waals surface area (Å²) in [4.78, 5) is 0. The molecule has 6 nitrogen and oxygen atoms in total. The number of benzene rings is 1. The van der Waals surface area contributed by atoms with E-state index in [1.807, 2.05) is 0 Å². The van der Waals surface area contributed by atoms with Crippen molar-refractivity contribution in [1.82, 2.24) is 0 Å². The predicted molar refractivity (Wildman–Crippen MR) is 78.3 cm³/mol. The van der Waals surface area contributed by atoms with E-state index < -0.39 is 10.0 Å². The first-order valence-corrected chi connectivity index (χ1v) is 8.19. The van der Waals surface area contributed by atoms with Gasteiger partial charge in [-0.15, -0.1) is 11.6 Å². The second kappa shape index (κ2) is 8.18. The summed E-state index contributed by atoms with van der Waals surface area (Å²) in [6, 6.07) is 4.67. The Morgan fingerprint density at radius 2 is 2.10 bits per heavy atom. The van der Waals surface area contributed by atoms with Gasteiger partial charge in [0.1, 0.15) is 6.61 Å². The first kappa shape index (κ1) is 16.9. The van der Waals surface area contributed by atoms with Crippen molar-refractivity contribution in [3.05, 3.63) is 18.2 Å². The van der Waals surface area contributed by atoms with Gasteiger partial charge in [-0.1, -0.05) is 0 Å². The van der Waals surface area contributed by atoms with Gasteiger partial charge in [-0.2, -0.15) is 0 Å². The van der Waals surface area contributed by atoms with E-state index in [1.54, 1.807) is 12.1 Å². The number of methoxy groups -OCH3 is 1. The van der Waals surface area contributed by atoms with Crippen molar-refractivity contribution in [2.45, 2.75) is 6.42 Å². The van der Waals surface area contributed by atoms with Gasteiger partial charge in [0.25, 0.3) is 0 Å². The highest BCUT2D eigenvalue weighted by Crippen LogP contribution is 2.30. The van der Waals surface area contributed by atoms with E-state index in [2.05, 4.69) is 4.72 Å². The minimum Gasteiger partial charge on any atom is -0.493 e. The number of nitrogens with one attached hydrogen (secondary N) is 1. The van der Waals surface area contributed by atoms with E-state index in [0.29, 0.717) is 23.6 Å². The third kappa shape index (κ3) is 5.44. The number of aliphatic hydroxyl groups is 1. The first-order valence-electron chi connectivity index (χ1n) is 6.00. The van der Waals surface area contributed by atoms with Gasteiger partial charge in [0.15, 0.2) is 11.5 Å². The number of alkyl halides is 1. The molecule has 0 atom stereocenters. The lowest BCUT2D eigenvalue weighted by molar-refractivity contribution is 0.196. The zero-order valence-corrected chi connectivity index (χ0v) is 12.7. The summed E-state index contributed by atoms with van der Waals surface area (Å²) in [6.45, 7) is -0.0480. The van der Waals surface area contributed by atoms with Crippen molar-refractivity contribution in [3.8, 4) is 11.5 Å². The maximum absolute atomic E-state index is 11.8. The lowest BCUT2D eigenvalue weighted by atomic mass is 10.3. The number of aliphatic hydroxyl groups excluding tert-OH is 1. The predicted octanol–water partition coefficient (Wildman–Crippen LogP) is 1.44. The van der Waals surface area contributed by atoms with Gasteiger partial charge in [-0.05, 0) is 18.6 Å². The first-order chi connectivity index (χ1) is 9.52. The summed E-state index contributed by atoms with van der Waals surface area (Å²) >= 11 is 5.48. The molecule has 114 valence electrons. The Kier molecular flexibility index (Phi) is 6.90. The summed E-state index contributed by atoms with van der Waals surface area (Å²) in [5, 5.41) is 8.75. The molecule has 20 heavy (non-hydrogen) atoms. The molecule has 8 heteroatoms. The van der Waals surface area contributed by atoms with Crippen molar-refractivity contribution in [1.29, 1.82) is 0 Å². The van der Waals surface area contributed by atoms with Gasteiger partial charge in [0.2, 0.25) is 10.0 Å². The van der Waals surface area contributed by atoms with Gasteiger partial charge < -0.3 is 14.6 Å². The molecule has 0 saturated carbocycles. The van der Waals surface area contributed by atoms with Gasteiger partial charge in [0, 0.05) is 11.9 Å². The van der Waals surface area contributed by atoms with E-state index in [1.165, 1.54) is 13.2 Å². The summed E-state index contributed by atoms with van der Waals surface area (Å²) < 4.78 is 36.3. The lowest BCUT2D eigenvalue weighted by Gasteiger charge is -2.13. The fraction of sp³-hybridized carbons (Fsp3) is 0.500. The Bertz CT molecular complexity index is 521. The van der Waals surface area contributed by atoms with E-state index in [9.17, 15) is 8.42 Å². The SMILES string of the molecule is COc1ccc(NS(=O)(=O)CCCCl)cc1OCCO. The zero-order chi connectivity index (χ0) is 15.0. The van der Waals surface area contributed by atoms with E-state index in [4.69, 9.17) is 26.2 Å². The average Bonchev–Trinajstić information content (AvgIpc) is 2.42. The summed E-state index contributed by atoms with van der Waals surface area (Å²) in [5.74, 6) is 1.06. The molecule has 1 aromatic rings. The lowest BCUT2D eigenvalue weighted by Crippen LogP contribution is -2.17. The Labute approximate surface area is 123 Å². The summed E-state index contributed by atoms with van der Waals surface area (Å²) in [5.41, 5.74) is 0.369. The normalized spacial score (nSPS) is 11.2. The Morgan fingerprint density at radius 1 is 1.35 bits per heavy atom. The Balaban J connectivity index is 2.85. The van der Waals surface area contributed by atoms with E-state index in [0.717, 1.165) is 0 Å². The molecule has 0 aliphatic heterocycles. The highest BCUT2D eigenvalue weighted by Gasteiger charge is 2.12. The molecule has 0 unspecified atom stereocenters. The number of sulfonamides is 1. The number of halogens is 1. The van der Waals surface area contributed by atoms with Gasteiger partial charge in [-0.25, -0.2) is 8.42 Å². The quantitative estimate of drug-likeness (QED) is 0.672. The minimum atomic E-state index is -3.43. The molecular formula is C12H18ClNO5S. The van der Waals surface area contributed by atoms with Crippen LogP contribution in [0.25, 0.3) is 0 Å². The highest BCUT2D eigenvalue weighted by molar-refractivity contribution is 7.92. The number of ether oxygens (including phenoxy) is 2. The maximum Gasteiger partial charge on any atom is 0.232 e. The summed E-state index contributed by atoms with van der Waals surface area (Å²) in [7, 11) is -1.96. The van der Waals surface area contributed by atoms with Crippen LogP contribution < -0.4 is 14.2 Å². The average molecular weight is 324 g/mol. The molecular weight excluding hydrogens is 306 g/mol. The molecule has 0 spiro atoms. The third-order valence-corrected chi connectivity index (χ3v) is 3.97. The molecule has 0 amide bonds. The van der Waals surface area contributed by atoms with Crippen LogP contribution in [0.15, 0.2) is 18.2 Å².